The second kappa shape index (κ2) is 7.72. The van der Waals surface area contributed by atoms with Crippen molar-refractivity contribution in [2.45, 2.75) is 44.7 Å². The lowest BCUT2D eigenvalue weighted by atomic mass is 10.3. The van der Waals surface area contributed by atoms with Crippen molar-refractivity contribution in [1.29, 1.82) is 0 Å². The Bertz CT molecular complexity index is 420. The van der Waals surface area contributed by atoms with Gasteiger partial charge in [0.1, 0.15) is 11.6 Å². The number of aromatic nitrogens is 2. The lowest BCUT2D eigenvalue weighted by Crippen LogP contribution is -2.27. The molecule has 0 spiro atoms. The van der Waals surface area contributed by atoms with E-state index in [0.717, 1.165) is 55.2 Å². The van der Waals surface area contributed by atoms with Crippen LogP contribution < -0.4 is 10.2 Å². The minimum atomic E-state index is 0.859. The Morgan fingerprint density at radius 1 is 1.30 bits per heavy atom. The number of hydrogen-bond donors (Lipinski definition) is 1. The summed E-state index contributed by atoms with van der Waals surface area (Å²) in [5.74, 6) is 2.91. The third-order valence-corrected chi connectivity index (χ3v) is 3.97. The SMILES string of the molecule is CCCNc1cc(N(CCC)CC2CC2)nc(SC)n1. The molecule has 1 aliphatic carbocycles. The van der Waals surface area contributed by atoms with Crippen molar-refractivity contribution in [3.63, 3.8) is 0 Å². The fraction of sp³-hybridized carbons (Fsp3) is 0.733. The van der Waals surface area contributed by atoms with Crippen LogP contribution in [0.15, 0.2) is 11.2 Å². The quantitative estimate of drug-likeness (QED) is 0.556. The molecule has 0 amide bonds. The van der Waals surface area contributed by atoms with Gasteiger partial charge in [0.05, 0.1) is 0 Å². The topological polar surface area (TPSA) is 41.0 Å². The van der Waals surface area contributed by atoms with Gasteiger partial charge in [-0.2, -0.15) is 0 Å². The van der Waals surface area contributed by atoms with Gasteiger partial charge in [0.15, 0.2) is 5.16 Å². The Morgan fingerprint density at radius 2 is 2.10 bits per heavy atom. The van der Waals surface area contributed by atoms with Crippen LogP contribution in [-0.4, -0.2) is 35.9 Å². The van der Waals surface area contributed by atoms with Gasteiger partial charge in [-0.25, -0.2) is 9.97 Å². The second-order valence-electron chi connectivity index (χ2n) is 5.41. The molecule has 1 saturated carbocycles. The van der Waals surface area contributed by atoms with Crippen LogP contribution in [0.2, 0.25) is 0 Å². The predicted octanol–water partition coefficient (Wildman–Crippen LogP) is 3.65. The summed E-state index contributed by atoms with van der Waals surface area (Å²) in [5, 5.41) is 4.24. The molecule has 0 atom stereocenters. The van der Waals surface area contributed by atoms with Crippen LogP contribution in [0.4, 0.5) is 11.6 Å². The molecule has 1 aliphatic rings. The predicted molar refractivity (Wildman–Crippen MR) is 87.8 cm³/mol. The van der Waals surface area contributed by atoms with E-state index >= 15 is 0 Å². The van der Waals surface area contributed by atoms with Crippen LogP contribution in [0.5, 0.6) is 0 Å². The zero-order valence-corrected chi connectivity index (χ0v) is 13.7. The van der Waals surface area contributed by atoms with Crippen LogP contribution in [0.3, 0.4) is 0 Å². The lowest BCUT2D eigenvalue weighted by Gasteiger charge is -2.24. The molecular weight excluding hydrogens is 268 g/mol. The molecular formula is C15H26N4S. The van der Waals surface area contributed by atoms with E-state index in [1.54, 1.807) is 11.8 Å². The second-order valence-corrected chi connectivity index (χ2v) is 6.19. The molecule has 4 nitrogen and oxygen atoms in total. The van der Waals surface area contributed by atoms with Crippen molar-refractivity contribution >= 4 is 23.4 Å². The van der Waals surface area contributed by atoms with Crippen LogP contribution in [-0.2, 0) is 0 Å². The number of rotatable bonds is 9. The van der Waals surface area contributed by atoms with Gasteiger partial charge >= 0.3 is 0 Å². The minimum absolute atomic E-state index is 0.859. The normalized spacial score (nSPS) is 14.3. The Balaban J connectivity index is 2.16. The average molecular weight is 294 g/mol. The molecule has 1 fully saturated rings. The first-order valence-electron chi connectivity index (χ1n) is 7.68. The summed E-state index contributed by atoms with van der Waals surface area (Å²) in [5.41, 5.74) is 0. The molecule has 0 aliphatic heterocycles. The number of anilines is 2. The third-order valence-electron chi connectivity index (χ3n) is 3.42. The van der Waals surface area contributed by atoms with Gasteiger partial charge in [-0.15, -0.1) is 0 Å². The van der Waals surface area contributed by atoms with E-state index in [9.17, 15) is 0 Å². The van der Waals surface area contributed by atoms with Crippen molar-refractivity contribution in [2.75, 3.05) is 36.1 Å². The summed E-state index contributed by atoms with van der Waals surface area (Å²) in [6, 6.07) is 2.10. The highest BCUT2D eigenvalue weighted by molar-refractivity contribution is 7.98. The fourth-order valence-electron chi connectivity index (χ4n) is 2.19. The van der Waals surface area contributed by atoms with Gasteiger partial charge < -0.3 is 10.2 Å². The summed E-state index contributed by atoms with van der Waals surface area (Å²) in [4.78, 5) is 11.7. The molecule has 1 heterocycles. The summed E-state index contributed by atoms with van der Waals surface area (Å²) in [7, 11) is 0. The van der Waals surface area contributed by atoms with E-state index in [-0.39, 0.29) is 0 Å². The average Bonchev–Trinajstić information content (AvgIpc) is 3.28. The highest BCUT2D eigenvalue weighted by Gasteiger charge is 2.25. The van der Waals surface area contributed by atoms with Gasteiger partial charge in [0, 0.05) is 25.7 Å². The molecule has 1 aromatic rings. The van der Waals surface area contributed by atoms with Gasteiger partial charge in [0.25, 0.3) is 0 Å². The maximum absolute atomic E-state index is 4.70. The smallest absolute Gasteiger partial charge is 0.191 e. The van der Waals surface area contributed by atoms with Crippen LogP contribution in [0, 0.1) is 5.92 Å². The highest BCUT2D eigenvalue weighted by Crippen LogP contribution is 2.31. The van der Waals surface area contributed by atoms with Crippen LogP contribution in [0.1, 0.15) is 39.5 Å². The van der Waals surface area contributed by atoms with Gasteiger partial charge in [0.2, 0.25) is 0 Å². The van der Waals surface area contributed by atoms with Crippen molar-refractivity contribution < 1.29 is 0 Å². The number of nitrogens with one attached hydrogen (secondary N) is 1. The first-order valence-corrected chi connectivity index (χ1v) is 8.91. The van der Waals surface area contributed by atoms with E-state index < -0.39 is 0 Å². The zero-order chi connectivity index (χ0) is 14.4. The Hall–Kier alpha value is -0.970. The molecule has 0 bridgehead atoms. The monoisotopic (exact) mass is 294 g/mol. The van der Waals surface area contributed by atoms with Gasteiger partial charge in [-0.3, -0.25) is 0 Å². The molecule has 1 N–H and O–H groups in total. The Morgan fingerprint density at radius 3 is 2.70 bits per heavy atom. The van der Waals surface area contributed by atoms with Gasteiger partial charge in [-0.05, 0) is 37.9 Å². The zero-order valence-electron chi connectivity index (χ0n) is 12.9. The Kier molecular flexibility index (Phi) is 5.95. The first kappa shape index (κ1) is 15.4. The Labute approximate surface area is 126 Å². The van der Waals surface area contributed by atoms with Crippen LogP contribution in [0.25, 0.3) is 0 Å². The molecule has 5 heteroatoms. The number of thioether (sulfide) groups is 1. The molecule has 0 unspecified atom stereocenters. The molecule has 112 valence electrons. The maximum atomic E-state index is 4.70. The molecule has 1 aromatic heterocycles. The molecule has 0 aromatic carbocycles. The standard InChI is InChI=1S/C15H26N4S/c1-4-8-16-13-10-14(18-15(17-13)20-3)19(9-5-2)11-12-6-7-12/h10,12H,4-9,11H2,1-3H3,(H,16,17,18). The summed E-state index contributed by atoms with van der Waals surface area (Å²) in [6.07, 6.45) is 7.05. The van der Waals surface area contributed by atoms with E-state index in [1.807, 2.05) is 6.26 Å². The lowest BCUT2D eigenvalue weighted by molar-refractivity contribution is 0.692. The van der Waals surface area contributed by atoms with Crippen molar-refractivity contribution in [3.05, 3.63) is 6.07 Å². The highest BCUT2D eigenvalue weighted by atomic mass is 32.2. The minimum Gasteiger partial charge on any atom is -0.370 e. The van der Waals surface area contributed by atoms with Crippen molar-refractivity contribution in [3.8, 4) is 0 Å². The molecule has 0 saturated heterocycles. The van der Waals surface area contributed by atoms with Crippen LogP contribution >= 0.6 is 11.8 Å². The summed E-state index contributed by atoms with van der Waals surface area (Å²) >= 11 is 1.61. The van der Waals surface area contributed by atoms with E-state index in [4.69, 9.17) is 4.98 Å². The third kappa shape index (κ3) is 4.54. The maximum Gasteiger partial charge on any atom is 0.191 e. The largest absolute Gasteiger partial charge is 0.370 e. The number of nitrogens with zero attached hydrogens (tertiary/aromatic N) is 3. The molecule has 20 heavy (non-hydrogen) atoms. The van der Waals surface area contributed by atoms with Crippen molar-refractivity contribution in [1.82, 2.24) is 9.97 Å². The first-order chi connectivity index (χ1) is 9.76. The van der Waals surface area contributed by atoms with Crippen molar-refractivity contribution in [2.24, 2.45) is 5.92 Å². The van der Waals surface area contributed by atoms with E-state index in [0.29, 0.717) is 0 Å². The summed E-state index contributed by atoms with van der Waals surface area (Å²) < 4.78 is 0. The summed E-state index contributed by atoms with van der Waals surface area (Å²) in [6.45, 7) is 7.58. The molecule has 0 radical (unpaired) electrons. The fourth-order valence-corrected chi connectivity index (χ4v) is 2.57. The van der Waals surface area contributed by atoms with E-state index in [2.05, 4.69) is 35.1 Å². The molecule has 2 rings (SSSR count). The van der Waals surface area contributed by atoms with E-state index in [1.165, 1.54) is 12.8 Å². The van der Waals surface area contributed by atoms with Gasteiger partial charge in [-0.1, -0.05) is 25.6 Å². The number of hydrogen-bond acceptors (Lipinski definition) is 5.